The van der Waals surface area contributed by atoms with E-state index >= 15 is 0 Å². The zero-order chi connectivity index (χ0) is 13.2. The molecule has 1 aliphatic rings. The van der Waals surface area contributed by atoms with Crippen LogP contribution in [0.25, 0.3) is 0 Å². The fourth-order valence-corrected chi connectivity index (χ4v) is 2.59. The van der Waals surface area contributed by atoms with Gasteiger partial charge in [-0.25, -0.2) is 0 Å². The molecule has 1 saturated heterocycles. The van der Waals surface area contributed by atoms with Crippen LogP contribution in [-0.4, -0.2) is 52.9 Å². The molecule has 5 nitrogen and oxygen atoms in total. The Morgan fingerprint density at radius 2 is 2.06 bits per heavy atom. The fraction of sp³-hybridized carbons (Fsp3) is 0.833. The summed E-state index contributed by atoms with van der Waals surface area (Å²) < 4.78 is 0. The molecular weight excluding hydrogens is 343 g/mol. The Kier molecular flexibility index (Phi) is 6.39. The van der Waals surface area contributed by atoms with Gasteiger partial charge in [-0.3, -0.25) is 9.79 Å². The van der Waals surface area contributed by atoms with Crippen LogP contribution in [0.15, 0.2) is 4.99 Å². The second-order valence-electron chi connectivity index (χ2n) is 5.36. The van der Waals surface area contributed by atoms with Crippen molar-refractivity contribution in [1.29, 1.82) is 0 Å². The number of carbonyl (C=O) groups excluding carboxylic acids is 1. The largest absolute Gasteiger partial charge is 0.370 e. The highest BCUT2D eigenvalue weighted by molar-refractivity contribution is 14.0. The van der Waals surface area contributed by atoms with Gasteiger partial charge in [0.2, 0.25) is 5.91 Å². The average molecular weight is 368 g/mol. The van der Waals surface area contributed by atoms with Gasteiger partial charge >= 0.3 is 0 Å². The average Bonchev–Trinajstić information content (AvgIpc) is 2.14. The Balaban J connectivity index is 0.00000289. The lowest BCUT2D eigenvalue weighted by atomic mass is 9.96. The number of rotatable bonds is 2. The number of halogens is 1. The van der Waals surface area contributed by atoms with Crippen molar-refractivity contribution < 1.29 is 4.79 Å². The van der Waals surface area contributed by atoms with Gasteiger partial charge in [0, 0.05) is 19.1 Å². The molecular formula is C12H25IN4O. The topological polar surface area (TPSA) is 61.9 Å². The van der Waals surface area contributed by atoms with Crippen molar-refractivity contribution in [3.05, 3.63) is 0 Å². The Bertz CT molecular complexity index is 328. The van der Waals surface area contributed by atoms with Crippen LogP contribution in [0.4, 0.5) is 0 Å². The Morgan fingerprint density at radius 3 is 2.44 bits per heavy atom. The minimum atomic E-state index is -0.211. The van der Waals surface area contributed by atoms with Crippen molar-refractivity contribution in [2.75, 3.05) is 19.6 Å². The highest BCUT2D eigenvalue weighted by Gasteiger charge is 2.40. The van der Waals surface area contributed by atoms with E-state index in [-0.39, 0.29) is 41.5 Å². The van der Waals surface area contributed by atoms with Gasteiger partial charge in [-0.2, -0.15) is 0 Å². The van der Waals surface area contributed by atoms with Gasteiger partial charge in [-0.05, 0) is 34.6 Å². The molecule has 1 heterocycles. The maximum atomic E-state index is 12.1. The normalized spacial score (nSPS) is 20.1. The molecule has 0 saturated carbocycles. The van der Waals surface area contributed by atoms with Gasteiger partial charge in [0.1, 0.15) is 0 Å². The molecule has 18 heavy (non-hydrogen) atoms. The summed E-state index contributed by atoms with van der Waals surface area (Å²) in [7, 11) is 0. The van der Waals surface area contributed by atoms with Crippen molar-refractivity contribution in [1.82, 2.24) is 9.80 Å². The molecule has 0 atom stereocenters. The maximum absolute atomic E-state index is 12.1. The highest BCUT2D eigenvalue weighted by Crippen LogP contribution is 2.24. The molecule has 0 aromatic rings. The molecule has 0 spiro atoms. The van der Waals surface area contributed by atoms with Crippen molar-refractivity contribution in [2.45, 2.75) is 46.2 Å². The lowest BCUT2D eigenvalue weighted by molar-refractivity contribution is -0.145. The summed E-state index contributed by atoms with van der Waals surface area (Å²) in [5, 5.41) is 0. The predicted molar refractivity (Wildman–Crippen MR) is 85.2 cm³/mol. The summed E-state index contributed by atoms with van der Waals surface area (Å²) in [4.78, 5) is 20.1. The molecule has 1 aliphatic heterocycles. The van der Waals surface area contributed by atoms with E-state index < -0.39 is 0 Å². The van der Waals surface area contributed by atoms with Gasteiger partial charge in [0.05, 0.1) is 12.1 Å². The number of amides is 1. The van der Waals surface area contributed by atoms with E-state index in [1.165, 1.54) is 0 Å². The molecule has 0 aliphatic carbocycles. The van der Waals surface area contributed by atoms with Crippen LogP contribution in [0.5, 0.6) is 0 Å². The summed E-state index contributed by atoms with van der Waals surface area (Å²) in [5.74, 6) is 0.586. The monoisotopic (exact) mass is 368 g/mol. The van der Waals surface area contributed by atoms with Crippen LogP contribution < -0.4 is 5.73 Å². The molecule has 1 fully saturated rings. The smallest absolute Gasteiger partial charge is 0.242 e. The predicted octanol–water partition coefficient (Wildman–Crippen LogP) is 1.27. The number of nitrogens with zero attached hydrogens (tertiary/aromatic N) is 3. The van der Waals surface area contributed by atoms with Crippen molar-refractivity contribution in [2.24, 2.45) is 10.7 Å². The molecule has 0 unspecified atom stereocenters. The third kappa shape index (κ3) is 3.73. The third-order valence-electron chi connectivity index (χ3n) is 2.99. The second kappa shape index (κ2) is 6.58. The summed E-state index contributed by atoms with van der Waals surface area (Å²) >= 11 is 0. The molecule has 0 aromatic heterocycles. The lowest BCUT2D eigenvalue weighted by Crippen LogP contribution is -2.65. The van der Waals surface area contributed by atoms with Crippen LogP contribution in [0.1, 0.15) is 34.6 Å². The number of aliphatic imine (C=N–C) groups is 1. The Morgan fingerprint density at radius 1 is 1.50 bits per heavy atom. The molecule has 1 amide bonds. The molecule has 0 radical (unpaired) electrons. The fourth-order valence-electron chi connectivity index (χ4n) is 2.59. The van der Waals surface area contributed by atoms with E-state index in [9.17, 15) is 4.79 Å². The van der Waals surface area contributed by atoms with Gasteiger partial charge < -0.3 is 15.5 Å². The van der Waals surface area contributed by atoms with E-state index in [0.717, 1.165) is 6.54 Å². The number of hydrogen-bond donors (Lipinski definition) is 1. The van der Waals surface area contributed by atoms with E-state index in [1.54, 1.807) is 0 Å². The van der Waals surface area contributed by atoms with Crippen molar-refractivity contribution in [3.8, 4) is 0 Å². The Hall–Kier alpha value is -0.530. The van der Waals surface area contributed by atoms with E-state index in [1.807, 2.05) is 30.6 Å². The van der Waals surface area contributed by atoms with E-state index in [0.29, 0.717) is 19.0 Å². The van der Waals surface area contributed by atoms with E-state index in [4.69, 9.17) is 5.73 Å². The zero-order valence-corrected chi connectivity index (χ0v) is 14.3. The summed E-state index contributed by atoms with van der Waals surface area (Å²) in [6, 6.07) is 0.212. The maximum Gasteiger partial charge on any atom is 0.242 e. The van der Waals surface area contributed by atoms with Gasteiger partial charge in [0.15, 0.2) is 5.96 Å². The SMILES string of the molecule is CCN=C(N)N1CC(=O)N(C(C)C)C(C)(C)C1.I. The molecule has 6 heteroatoms. The Labute approximate surface area is 127 Å². The van der Waals surface area contributed by atoms with Crippen molar-refractivity contribution >= 4 is 35.8 Å². The van der Waals surface area contributed by atoms with Gasteiger partial charge in [-0.1, -0.05) is 0 Å². The zero-order valence-electron chi connectivity index (χ0n) is 11.9. The number of carbonyl (C=O) groups is 1. The first kappa shape index (κ1) is 17.5. The third-order valence-corrected chi connectivity index (χ3v) is 2.99. The first-order chi connectivity index (χ1) is 7.79. The molecule has 2 N–H and O–H groups in total. The molecule has 1 rings (SSSR count). The van der Waals surface area contributed by atoms with Crippen LogP contribution in [0, 0.1) is 0 Å². The van der Waals surface area contributed by atoms with Crippen LogP contribution >= 0.6 is 24.0 Å². The minimum absolute atomic E-state index is 0. The van der Waals surface area contributed by atoms with Crippen LogP contribution in [0.2, 0.25) is 0 Å². The summed E-state index contributed by atoms with van der Waals surface area (Å²) in [5.41, 5.74) is 5.66. The van der Waals surface area contributed by atoms with E-state index in [2.05, 4.69) is 18.8 Å². The summed E-state index contributed by atoms with van der Waals surface area (Å²) in [6.45, 7) is 11.8. The number of piperazine rings is 1. The van der Waals surface area contributed by atoms with Gasteiger partial charge in [0.25, 0.3) is 0 Å². The minimum Gasteiger partial charge on any atom is -0.370 e. The second-order valence-corrected chi connectivity index (χ2v) is 5.36. The molecule has 0 aromatic carbocycles. The van der Waals surface area contributed by atoms with Gasteiger partial charge in [-0.15, -0.1) is 24.0 Å². The van der Waals surface area contributed by atoms with Crippen LogP contribution in [0.3, 0.4) is 0 Å². The summed E-state index contributed by atoms with van der Waals surface area (Å²) in [6.07, 6.45) is 0. The lowest BCUT2D eigenvalue weighted by Gasteiger charge is -2.49. The quantitative estimate of drug-likeness (QED) is 0.454. The number of hydrogen-bond acceptors (Lipinski definition) is 2. The molecule has 106 valence electrons. The number of nitrogens with two attached hydrogens (primary N) is 1. The standard InChI is InChI=1S/C12H24N4O.HI/c1-6-14-11(13)15-7-10(17)16(9(2)3)12(4,5)8-15;/h9H,6-8H2,1-5H3,(H2,13,14);1H. The highest BCUT2D eigenvalue weighted by atomic mass is 127. The first-order valence-electron chi connectivity index (χ1n) is 6.16. The molecule has 0 bridgehead atoms. The number of guanidine groups is 1. The van der Waals surface area contributed by atoms with Crippen molar-refractivity contribution in [3.63, 3.8) is 0 Å². The van der Waals surface area contributed by atoms with Crippen LogP contribution in [-0.2, 0) is 4.79 Å². The first-order valence-corrected chi connectivity index (χ1v) is 6.16.